The van der Waals surface area contributed by atoms with Gasteiger partial charge in [-0.25, -0.2) is 9.37 Å². The molecule has 0 atom stereocenters. The summed E-state index contributed by atoms with van der Waals surface area (Å²) in [6.07, 6.45) is 1.69. The summed E-state index contributed by atoms with van der Waals surface area (Å²) >= 11 is 3.13. The molecule has 5 heteroatoms. The summed E-state index contributed by atoms with van der Waals surface area (Å²) in [5, 5.41) is 0. The number of imidazole rings is 1. The van der Waals surface area contributed by atoms with E-state index >= 15 is 0 Å². The molecule has 0 aliphatic heterocycles. The molecule has 0 amide bonds. The molecule has 0 aliphatic carbocycles. The summed E-state index contributed by atoms with van der Waals surface area (Å²) < 4.78 is 15.8. The van der Waals surface area contributed by atoms with E-state index < -0.39 is 0 Å². The van der Waals surface area contributed by atoms with Gasteiger partial charge >= 0.3 is 0 Å². The molecular formula is C13H15BrFN3. The summed E-state index contributed by atoms with van der Waals surface area (Å²) in [4.78, 5) is 4.28. The van der Waals surface area contributed by atoms with Crippen LogP contribution in [0.4, 0.5) is 10.2 Å². The molecule has 1 heterocycles. The Balaban J connectivity index is 2.52. The van der Waals surface area contributed by atoms with E-state index in [9.17, 15) is 4.39 Å². The normalized spacial score (nSPS) is 11.8. The van der Waals surface area contributed by atoms with Crippen molar-refractivity contribution >= 4 is 21.7 Å². The summed E-state index contributed by atoms with van der Waals surface area (Å²) in [6.45, 7) is 6.12. The van der Waals surface area contributed by atoms with Crippen LogP contribution in [0.2, 0.25) is 0 Å². The predicted octanol–water partition coefficient (Wildman–Crippen LogP) is 3.79. The van der Waals surface area contributed by atoms with E-state index in [1.165, 1.54) is 6.07 Å². The average molecular weight is 312 g/mol. The molecule has 96 valence electrons. The van der Waals surface area contributed by atoms with Gasteiger partial charge in [0.25, 0.3) is 0 Å². The van der Waals surface area contributed by atoms with Gasteiger partial charge in [-0.3, -0.25) is 0 Å². The van der Waals surface area contributed by atoms with Crippen LogP contribution in [0.15, 0.2) is 29.0 Å². The zero-order chi connectivity index (χ0) is 13.5. The second-order valence-electron chi connectivity index (χ2n) is 5.15. The summed E-state index contributed by atoms with van der Waals surface area (Å²) in [7, 11) is 0. The van der Waals surface area contributed by atoms with Gasteiger partial charge in [-0.15, -0.1) is 0 Å². The average Bonchev–Trinajstić information content (AvgIpc) is 2.64. The molecule has 0 saturated carbocycles. The lowest BCUT2D eigenvalue weighted by molar-refractivity contribution is 0.402. The Morgan fingerprint density at radius 3 is 2.50 bits per heavy atom. The Morgan fingerprint density at radius 1 is 1.33 bits per heavy atom. The lowest BCUT2D eigenvalue weighted by Crippen LogP contribution is -2.22. The standard InChI is InChI=1S/C13H15BrFN3/c1-13(2,3)18-7-17-11(12(18)16)8-4-5-9(14)10(15)6-8/h4-7H,16H2,1-3H3. The van der Waals surface area contributed by atoms with Crippen molar-refractivity contribution in [1.82, 2.24) is 9.55 Å². The molecular weight excluding hydrogens is 297 g/mol. The van der Waals surface area contributed by atoms with Gasteiger partial charge in [-0.05, 0) is 48.8 Å². The molecule has 0 aliphatic rings. The van der Waals surface area contributed by atoms with Gasteiger partial charge in [0.2, 0.25) is 0 Å². The molecule has 2 aromatic rings. The largest absolute Gasteiger partial charge is 0.383 e. The number of aromatic nitrogens is 2. The maximum absolute atomic E-state index is 13.5. The first-order chi connectivity index (χ1) is 8.30. The van der Waals surface area contributed by atoms with Crippen molar-refractivity contribution in [3.05, 3.63) is 34.8 Å². The third-order valence-corrected chi connectivity index (χ3v) is 3.36. The topological polar surface area (TPSA) is 43.8 Å². The van der Waals surface area contributed by atoms with Gasteiger partial charge in [0.05, 0.1) is 10.8 Å². The first kappa shape index (κ1) is 13.1. The van der Waals surface area contributed by atoms with Crippen molar-refractivity contribution in [1.29, 1.82) is 0 Å². The maximum atomic E-state index is 13.5. The Kier molecular flexibility index (Phi) is 3.19. The minimum absolute atomic E-state index is 0.150. The fourth-order valence-electron chi connectivity index (χ4n) is 1.76. The SMILES string of the molecule is CC(C)(C)n1cnc(-c2ccc(Br)c(F)c2)c1N. The minimum Gasteiger partial charge on any atom is -0.383 e. The van der Waals surface area contributed by atoms with Crippen molar-refractivity contribution in [3.8, 4) is 11.3 Å². The van der Waals surface area contributed by atoms with Gasteiger partial charge in [0.1, 0.15) is 17.3 Å². The molecule has 0 radical (unpaired) electrons. The van der Waals surface area contributed by atoms with Crippen molar-refractivity contribution in [3.63, 3.8) is 0 Å². The van der Waals surface area contributed by atoms with Crippen molar-refractivity contribution in [2.24, 2.45) is 0 Å². The summed E-state index contributed by atoms with van der Waals surface area (Å²) in [6, 6.07) is 4.87. The highest BCUT2D eigenvalue weighted by Crippen LogP contribution is 2.30. The van der Waals surface area contributed by atoms with Crippen LogP contribution in [0.5, 0.6) is 0 Å². The number of nitrogens with zero attached hydrogens (tertiary/aromatic N) is 2. The molecule has 0 spiro atoms. The minimum atomic E-state index is -0.322. The molecule has 1 aromatic carbocycles. The molecule has 1 aromatic heterocycles. The Labute approximate surface area is 114 Å². The number of nitrogens with two attached hydrogens (primary N) is 1. The second-order valence-corrected chi connectivity index (χ2v) is 6.00. The highest BCUT2D eigenvalue weighted by atomic mass is 79.9. The van der Waals surface area contributed by atoms with Crippen LogP contribution in [0.1, 0.15) is 20.8 Å². The molecule has 2 rings (SSSR count). The Hall–Kier alpha value is -1.36. The van der Waals surface area contributed by atoms with E-state index in [-0.39, 0.29) is 11.4 Å². The fourth-order valence-corrected chi connectivity index (χ4v) is 2.00. The van der Waals surface area contributed by atoms with Crippen LogP contribution >= 0.6 is 15.9 Å². The first-order valence-electron chi connectivity index (χ1n) is 5.59. The fraction of sp³-hybridized carbons (Fsp3) is 0.308. The number of nitrogen functional groups attached to an aromatic ring is 1. The third-order valence-electron chi connectivity index (χ3n) is 2.72. The number of benzene rings is 1. The van der Waals surface area contributed by atoms with Crippen LogP contribution in [0.3, 0.4) is 0 Å². The second kappa shape index (κ2) is 4.39. The molecule has 2 N–H and O–H groups in total. The quantitative estimate of drug-likeness (QED) is 0.870. The van der Waals surface area contributed by atoms with Gasteiger partial charge in [0.15, 0.2) is 0 Å². The van der Waals surface area contributed by atoms with E-state index in [2.05, 4.69) is 20.9 Å². The van der Waals surface area contributed by atoms with Crippen molar-refractivity contribution in [2.45, 2.75) is 26.3 Å². The molecule has 3 nitrogen and oxygen atoms in total. The predicted molar refractivity (Wildman–Crippen MR) is 74.7 cm³/mol. The maximum Gasteiger partial charge on any atom is 0.138 e. The molecule has 0 saturated heterocycles. The van der Waals surface area contributed by atoms with Crippen LogP contribution in [-0.4, -0.2) is 9.55 Å². The number of anilines is 1. The van der Waals surface area contributed by atoms with Crippen LogP contribution < -0.4 is 5.73 Å². The number of hydrogen-bond donors (Lipinski definition) is 1. The van der Waals surface area contributed by atoms with Crippen molar-refractivity contribution in [2.75, 3.05) is 5.73 Å². The number of hydrogen-bond acceptors (Lipinski definition) is 2. The highest BCUT2D eigenvalue weighted by Gasteiger charge is 2.19. The summed E-state index contributed by atoms with van der Waals surface area (Å²) in [5.41, 5.74) is 7.21. The smallest absolute Gasteiger partial charge is 0.138 e. The van der Waals surface area contributed by atoms with E-state index in [0.717, 1.165) is 0 Å². The van der Waals surface area contributed by atoms with E-state index in [1.807, 2.05) is 25.3 Å². The third kappa shape index (κ3) is 2.27. The zero-order valence-corrected chi connectivity index (χ0v) is 12.1. The Morgan fingerprint density at radius 2 is 2.00 bits per heavy atom. The molecule has 18 heavy (non-hydrogen) atoms. The first-order valence-corrected chi connectivity index (χ1v) is 6.38. The van der Waals surface area contributed by atoms with Gasteiger partial charge in [0, 0.05) is 11.1 Å². The highest BCUT2D eigenvalue weighted by molar-refractivity contribution is 9.10. The lowest BCUT2D eigenvalue weighted by atomic mass is 10.1. The van der Waals surface area contributed by atoms with Crippen LogP contribution in [0.25, 0.3) is 11.3 Å². The Bertz CT molecular complexity index is 584. The number of halogens is 2. The molecule has 0 bridgehead atoms. The zero-order valence-electron chi connectivity index (χ0n) is 10.5. The van der Waals surface area contributed by atoms with Crippen molar-refractivity contribution < 1.29 is 4.39 Å². The molecule has 0 fully saturated rings. The lowest BCUT2D eigenvalue weighted by Gasteiger charge is -2.22. The van der Waals surface area contributed by atoms with E-state index in [4.69, 9.17) is 5.73 Å². The monoisotopic (exact) mass is 311 g/mol. The van der Waals surface area contributed by atoms with Gasteiger partial charge in [-0.2, -0.15) is 0 Å². The van der Waals surface area contributed by atoms with Crippen LogP contribution in [-0.2, 0) is 5.54 Å². The molecule has 0 unspecified atom stereocenters. The van der Waals surface area contributed by atoms with E-state index in [0.29, 0.717) is 21.5 Å². The van der Waals surface area contributed by atoms with E-state index in [1.54, 1.807) is 18.5 Å². The van der Waals surface area contributed by atoms with Crippen LogP contribution in [0, 0.1) is 5.82 Å². The van der Waals surface area contributed by atoms with Gasteiger partial charge in [-0.1, -0.05) is 6.07 Å². The van der Waals surface area contributed by atoms with Gasteiger partial charge < -0.3 is 10.3 Å². The number of rotatable bonds is 1. The summed E-state index contributed by atoms with van der Waals surface area (Å²) in [5.74, 6) is 0.224.